The predicted octanol–water partition coefficient (Wildman–Crippen LogP) is 3.10. The van der Waals surface area contributed by atoms with Gasteiger partial charge >= 0.3 is 0 Å². The van der Waals surface area contributed by atoms with Gasteiger partial charge in [-0.15, -0.1) is 24.0 Å². The van der Waals surface area contributed by atoms with Gasteiger partial charge in [0, 0.05) is 39.6 Å². The summed E-state index contributed by atoms with van der Waals surface area (Å²) < 4.78 is 5.29. The lowest BCUT2D eigenvalue weighted by atomic mass is 10.1. The van der Waals surface area contributed by atoms with Crippen molar-refractivity contribution < 1.29 is 9.53 Å². The molecule has 1 N–H and O–H groups in total. The summed E-state index contributed by atoms with van der Waals surface area (Å²) in [6.45, 7) is 8.26. The minimum absolute atomic E-state index is 0. The number of hydrogen-bond donors (Lipinski definition) is 1. The maximum atomic E-state index is 11.5. The quantitative estimate of drug-likeness (QED) is 0.402. The van der Waals surface area contributed by atoms with Crippen molar-refractivity contribution in [2.75, 3.05) is 39.8 Å². The van der Waals surface area contributed by atoms with E-state index in [0.717, 1.165) is 49.8 Å². The summed E-state index contributed by atoms with van der Waals surface area (Å²) in [5.74, 6) is 1.92. The van der Waals surface area contributed by atoms with Gasteiger partial charge in [0.25, 0.3) is 0 Å². The summed E-state index contributed by atoms with van der Waals surface area (Å²) in [6, 6.07) is 12.5. The highest BCUT2D eigenvalue weighted by atomic mass is 127. The summed E-state index contributed by atoms with van der Waals surface area (Å²) in [7, 11) is 1.68. The number of nitrogens with zero attached hydrogens (tertiary/aromatic N) is 3. The second kappa shape index (κ2) is 10.5. The van der Waals surface area contributed by atoms with E-state index in [-0.39, 0.29) is 29.9 Å². The van der Waals surface area contributed by atoms with Crippen molar-refractivity contribution in [1.29, 1.82) is 0 Å². The minimum atomic E-state index is 0. The first-order valence-corrected chi connectivity index (χ1v) is 9.46. The second-order valence-corrected chi connectivity index (χ2v) is 6.71. The smallest absolute Gasteiger partial charge is 0.219 e. The number of ether oxygens (including phenoxy) is 1. The Bertz CT molecular complexity index is 832. The fraction of sp³-hybridized carbons (Fsp3) is 0.429. The Balaban J connectivity index is 0.00000280. The average Bonchev–Trinajstić information content (AvgIpc) is 2.70. The number of aliphatic imine (C=N–C) groups is 1. The van der Waals surface area contributed by atoms with Crippen LogP contribution in [0, 0.1) is 0 Å². The van der Waals surface area contributed by atoms with E-state index >= 15 is 0 Å². The summed E-state index contributed by atoms with van der Waals surface area (Å²) in [6.07, 6.45) is 0. The van der Waals surface area contributed by atoms with Crippen molar-refractivity contribution in [2.45, 2.75) is 20.4 Å². The lowest BCUT2D eigenvalue weighted by Crippen LogP contribution is -2.53. The fourth-order valence-electron chi connectivity index (χ4n) is 3.32. The maximum Gasteiger partial charge on any atom is 0.219 e. The molecule has 0 atom stereocenters. The molecule has 0 unspecified atom stereocenters. The number of amides is 1. The van der Waals surface area contributed by atoms with Crippen LogP contribution in [0.15, 0.2) is 41.4 Å². The average molecular weight is 496 g/mol. The van der Waals surface area contributed by atoms with Crippen molar-refractivity contribution in [3.8, 4) is 5.75 Å². The van der Waals surface area contributed by atoms with E-state index in [1.165, 1.54) is 10.9 Å². The molecule has 3 rings (SSSR count). The van der Waals surface area contributed by atoms with Crippen LogP contribution in [-0.4, -0.2) is 61.5 Å². The molecule has 1 amide bonds. The SMILES string of the molecule is CCNC(=NCc1ccc2cc(OC)ccc2c1)N1CCN(C(C)=O)CC1.I. The Morgan fingerprint density at radius 1 is 1.07 bits per heavy atom. The molecular formula is C21H29IN4O2. The van der Waals surface area contributed by atoms with Gasteiger partial charge in [0.2, 0.25) is 5.91 Å². The largest absolute Gasteiger partial charge is 0.497 e. The fourth-order valence-corrected chi connectivity index (χ4v) is 3.32. The number of rotatable bonds is 4. The standard InChI is InChI=1S/C21H28N4O2.HI/c1-4-22-21(25-11-9-24(10-12-25)16(2)26)23-15-17-5-6-19-14-20(27-3)8-7-18(19)13-17;/h5-8,13-14H,4,9-12,15H2,1-3H3,(H,22,23);1H. The van der Waals surface area contributed by atoms with E-state index in [4.69, 9.17) is 9.73 Å². The number of guanidine groups is 1. The number of piperazine rings is 1. The molecule has 0 aliphatic carbocycles. The molecule has 2 aromatic rings. The molecule has 6 nitrogen and oxygen atoms in total. The van der Waals surface area contributed by atoms with Crippen molar-refractivity contribution in [3.05, 3.63) is 42.0 Å². The molecule has 0 spiro atoms. The van der Waals surface area contributed by atoms with E-state index in [2.05, 4.69) is 41.4 Å². The minimum Gasteiger partial charge on any atom is -0.497 e. The first-order chi connectivity index (χ1) is 13.1. The molecule has 1 aliphatic heterocycles. The van der Waals surface area contributed by atoms with E-state index in [0.29, 0.717) is 6.54 Å². The summed E-state index contributed by atoms with van der Waals surface area (Å²) >= 11 is 0. The molecule has 1 fully saturated rings. The van der Waals surface area contributed by atoms with E-state index in [9.17, 15) is 4.79 Å². The van der Waals surface area contributed by atoms with Gasteiger partial charge in [-0.05, 0) is 41.5 Å². The molecule has 0 aromatic heterocycles. The number of halogens is 1. The first kappa shape index (κ1) is 22.3. The van der Waals surface area contributed by atoms with Gasteiger partial charge < -0.3 is 19.9 Å². The van der Waals surface area contributed by atoms with Crippen LogP contribution in [-0.2, 0) is 11.3 Å². The topological polar surface area (TPSA) is 57.2 Å². The summed E-state index contributed by atoms with van der Waals surface area (Å²) in [5.41, 5.74) is 1.17. The molecule has 1 heterocycles. The molecule has 1 saturated heterocycles. The highest BCUT2D eigenvalue weighted by molar-refractivity contribution is 14.0. The molecule has 2 aromatic carbocycles. The van der Waals surface area contributed by atoms with Gasteiger partial charge in [-0.2, -0.15) is 0 Å². The van der Waals surface area contributed by atoms with Gasteiger partial charge in [0.15, 0.2) is 5.96 Å². The highest BCUT2D eigenvalue weighted by Gasteiger charge is 2.20. The van der Waals surface area contributed by atoms with Gasteiger partial charge in [-0.1, -0.05) is 18.2 Å². The van der Waals surface area contributed by atoms with E-state index < -0.39 is 0 Å². The zero-order valence-corrected chi connectivity index (χ0v) is 19.1. The van der Waals surface area contributed by atoms with Crippen molar-refractivity contribution >= 4 is 46.6 Å². The Hall–Kier alpha value is -2.03. The highest BCUT2D eigenvalue weighted by Crippen LogP contribution is 2.22. The van der Waals surface area contributed by atoms with E-state index in [1.54, 1.807) is 14.0 Å². The monoisotopic (exact) mass is 496 g/mol. The van der Waals surface area contributed by atoms with Crippen LogP contribution in [0.25, 0.3) is 10.8 Å². The molecule has 1 aliphatic rings. The van der Waals surface area contributed by atoms with Crippen molar-refractivity contribution in [3.63, 3.8) is 0 Å². The van der Waals surface area contributed by atoms with Crippen LogP contribution >= 0.6 is 24.0 Å². The Labute approximate surface area is 184 Å². The molecule has 7 heteroatoms. The second-order valence-electron chi connectivity index (χ2n) is 6.71. The van der Waals surface area contributed by atoms with Crippen LogP contribution in [0.4, 0.5) is 0 Å². The van der Waals surface area contributed by atoms with E-state index in [1.807, 2.05) is 17.0 Å². The number of nitrogens with one attached hydrogen (secondary N) is 1. The number of hydrogen-bond acceptors (Lipinski definition) is 3. The Morgan fingerprint density at radius 2 is 1.71 bits per heavy atom. The Morgan fingerprint density at radius 3 is 2.36 bits per heavy atom. The number of fused-ring (bicyclic) bond motifs is 1. The van der Waals surface area contributed by atoms with Gasteiger partial charge in [0.1, 0.15) is 5.75 Å². The van der Waals surface area contributed by atoms with Gasteiger partial charge in [-0.25, -0.2) is 4.99 Å². The lowest BCUT2D eigenvalue weighted by Gasteiger charge is -2.36. The van der Waals surface area contributed by atoms with Crippen LogP contribution < -0.4 is 10.1 Å². The third-order valence-corrected chi connectivity index (χ3v) is 4.88. The molecule has 28 heavy (non-hydrogen) atoms. The normalized spacial score (nSPS) is 14.6. The molecule has 152 valence electrons. The van der Waals surface area contributed by atoms with Gasteiger partial charge in [-0.3, -0.25) is 4.79 Å². The number of carbonyl (C=O) groups excluding carboxylic acids is 1. The third kappa shape index (κ3) is 5.50. The van der Waals surface area contributed by atoms with Crippen molar-refractivity contribution in [2.24, 2.45) is 4.99 Å². The predicted molar refractivity (Wildman–Crippen MR) is 125 cm³/mol. The molecular weight excluding hydrogens is 467 g/mol. The first-order valence-electron chi connectivity index (χ1n) is 9.46. The lowest BCUT2D eigenvalue weighted by molar-refractivity contribution is -0.130. The van der Waals surface area contributed by atoms with Crippen LogP contribution in [0.1, 0.15) is 19.4 Å². The zero-order valence-electron chi connectivity index (χ0n) is 16.8. The van der Waals surface area contributed by atoms with Crippen LogP contribution in [0.5, 0.6) is 5.75 Å². The van der Waals surface area contributed by atoms with Crippen LogP contribution in [0.2, 0.25) is 0 Å². The number of carbonyl (C=O) groups is 1. The summed E-state index contributed by atoms with van der Waals surface area (Å²) in [4.78, 5) is 20.5. The molecule has 0 radical (unpaired) electrons. The van der Waals surface area contributed by atoms with Crippen molar-refractivity contribution in [1.82, 2.24) is 15.1 Å². The summed E-state index contributed by atoms with van der Waals surface area (Å²) in [5, 5.41) is 5.72. The number of benzene rings is 2. The zero-order chi connectivity index (χ0) is 19.2. The number of methoxy groups -OCH3 is 1. The third-order valence-electron chi connectivity index (χ3n) is 4.88. The van der Waals surface area contributed by atoms with Crippen LogP contribution in [0.3, 0.4) is 0 Å². The Kier molecular flexibility index (Phi) is 8.35. The molecule has 0 saturated carbocycles. The maximum absolute atomic E-state index is 11.5. The van der Waals surface area contributed by atoms with Gasteiger partial charge in [0.05, 0.1) is 13.7 Å². The molecule has 0 bridgehead atoms.